The number of carbonyl (C=O) groups is 1. The van der Waals surface area contributed by atoms with Crippen LogP contribution in [0.5, 0.6) is 0 Å². The lowest BCUT2D eigenvalue weighted by molar-refractivity contribution is 0.0690. The molecule has 0 amide bonds. The topological polar surface area (TPSA) is 42.1 Å². The molecule has 3 rings (SSSR count). The molecular formula is C15H16ClNO2. The van der Waals surface area contributed by atoms with Crippen LogP contribution in [-0.2, 0) is 4.74 Å². The third-order valence-corrected chi connectivity index (χ3v) is 4.19. The van der Waals surface area contributed by atoms with E-state index in [1.807, 2.05) is 18.2 Å². The summed E-state index contributed by atoms with van der Waals surface area (Å²) < 4.78 is 5.61. The molecule has 1 aromatic carbocycles. The Morgan fingerprint density at radius 2 is 2.37 bits per heavy atom. The number of ketones is 1. The number of fused-ring (bicyclic) bond motifs is 1. The van der Waals surface area contributed by atoms with E-state index >= 15 is 0 Å². The Kier molecular flexibility index (Phi) is 3.33. The van der Waals surface area contributed by atoms with Crippen LogP contribution in [0, 0.1) is 5.92 Å². The van der Waals surface area contributed by atoms with Gasteiger partial charge < -0.3 is 9.72 Å². The zero-order valence-corrected chi connectivity index (χ0v) is 11.5. The van der Waals surface area contributed by atoms with Gasteiger partial charge in [-0.3, -0.25) is 4.79 Å². The van der Waals surface area contributed by atoms with Gasteiger partial charge in [0.2, 0.25) is 0 Å². The minimum absolute atomic E-state index is 0.0250. The van der Waals surface area contributed by atoms with E-state index in [0.717, 1.165) is 29.3 Å². The molecule has 2 aromatic rings. The number of benzene rings is 1. The van der Waals surface area contributed by atoms with Gasteiger partial charge in [-0.1, -0.05) is 30.7 Å². The minimum atomic E-state index is -0.0250. The van der Waals surface area contributed by atoms with Crippen molar-refractivity contribution >= 4 is 28.3 Å². The van der Waals surface area contributed by atoms with Crippen molar-refractivity contribution in [1.29, 1.82) is 0 Å². The lowest BCUT2D eigenvalue weighted by Crippen LogP contribution is -2.23. The third-order valence-electron chi connectivity index (χ3n) is 3.88. The summed E-state index contributed by atoms with van der Waals surface area (Å²) in [6, 6.07) is 5.63. The second-order valence-electron chi connectivity index (χ2n) is 4.94. The highest BCUT2D eigenvalue weighted by Crippen LogP contribution is 2.31. The van der Waals surface area contributed by atoms with Crippen molar-refractivity contribution in [2.45, 2.75) is 25.9 Å². The number of rotatable bonds is 3. The summed E-state index contributed by atoms with van der Waals surface area (Å²) in [6.07, 6.45) is 3.50. The van der Waals surface area contributed by atoms with Crippen molar-refractivity contribution in [3.8, 4) is 0 Å². The van der Waals surface area contributed by atoms with Crippen LogP contribution in [0.4, 0.5) is 0 Å². The van der Waals surface area contributed by atoms with E-state index in [0.29, 0.717) is 11.6 Å². The van der Waals surface area contributed by atoms with E-state index in [2.05, 4.69) is 11.9 Å². The molecule has 1 aliphatic heterocycles. The molecule has 2 unspecified atom stereocenters. The maximum atomic E-state index is 12.7. The zero-order chi connectivity index (χ0) is 13.4. The molecule has 0 saturated carbocycles. The second kappa shape index (κ2) is 4.99. The van der Waals surface area contributed by atoms with Crippen LogP contribution in [-0.4, -0.2) is 23.5 Å². The lowest BCUT2D eigenvalue weighted by atomic mass is 9.90. The summed E-state index contributed by atoms with van der Waals surface area (Å²) in [7, 11) is 0. The molecule has 0 aliphatic carbocycles. The highest BCUT2D eigenvalue weighted by molar-refractivity contribution is 6.35. The molecule has 2 heterocycles. The number of Topliss-reactive ketones (excluding diaryl/α,β-unsaturated/α-hetero) is 1. The number of hydrogen-bond acceptors (Lipinski definition) is 2. The first kappa shape index (κ1) is 12.7. The number of para-hydroxylation sites is 1. The number of H-pyrrole nitrogens is 1. The molecule has 1 saturated heterocycles. The van der Waals surface area contributed by atoms with Crippen LogP contribution >= 0.6 is 11.6 Å². The first-order chi connectivity index (χ1) is 9.22. The number of hydrogen-bond donors (Lipinski definition) is 1. The number of nitrogens with one attached hydrogen (secondary N) is 1. The number of aromatic nitrogens is 1. The van der Waals surface area contributed by atoms with Crippen molar-refractivity contribution in [2.24, 2.45) is 5.92 Å². The van der Waals surface area contributed by atoms with Gasteiger partial charge >= 0.3 is 0 Å². The molecule has 0 radical (unpaired) electrons. The summed E-state index contributed by atoms with van der Waals surface area (Å²) in [5.74, 6) is 0.140. The standard InChI is InChI=1S/C15H16ClNO2/c1-2-13-10(6-7-19-13)15(18)11-8-17-14-9(11)4-3-5-12(14)16/h3-5,8,10,13,17H,2,6-7H2,1H3. The average Bonchev–Trinajstić information content (AvgIpc) is 3.05. The Morgan fingerprint density at radius 3 is 3.16 bits per heavy atom. The minimum Gasteiger partial charge on any atom is -0.377 e. The fourth-order valence-electron chi connectivity index (χ4n) is 2.87. The Morgan fingerprint density at radius 1 is 1.53 bits per heavy atom. The number of ether oxygens (including phenoxy) is 1. The molecule has 19 heavy (non-hydrogen) atoms. The Labute approximate surface area is 116 Å². The molecule has 100 valence electrons. The SMILES string of the molecule is CCC1OCCC1C(=O)c1c[nH]c2c(Cl)cccc12. The number of halogens is 1. The van der Waals surface area contributed by atoms with Gasteiger partial charge in [0.1, 0.15) is 0 Å². The maximum absolute atomic E-state index is 12.7. The highest BCUT2D eigenvalue weighted by atomic mass is 35.5. The summed E-state index contributed by atoms with van der Waals surface area (Å²) in [5, 5.41) is 1.55. The second-order valence-corrected chi connectivity index (χ2v) is 5.35. The van der Waals surface area contributed by atoms with E-state index in [1.165, 1.54) is 0 Å². The van der Waals surface area contributed by atoms with Crippen LogP contribution in [0.3, 0.4) is 0 Å². The van der Waals surface area contributed by atoms with Crippen LogP contribution in [0.25, 0.3) is 10.9 Å². The molecule has 1 aliphatic rings. The monoisotopic (exact) mass is 277 g/mol. The average molecular weight is 278 g/mol. The molecule has 2 atom stereocenters. The first-order valence-corrected chi connectivity index (χ1v) is 7.01. The van der Waals surface area contributed by atoms with Gasteiger partial charge in [-0.25, -0.2) is 0 Å². The van der Waals surface area contributed by atoms with Gasteiger partial charge in [-0.2, -0.15) is 0 Å². The van der Waals surface area contributed by atoms with Crippen molar-refractivity contribution in [3.63, 3.8) is 0 Å². The molecular weight excluding hydrogens is 262 g/mol. The van der Waals surface area contributed by atoms with Crippen molar-refractivity contribution in [2.75, 3.05) is 6.61 Å². The van der Waals surface area contributed by atoms with E-state index < -0.39 is 0 Å². The molecule has 4 heteroatoms. The van der Waals surface area contributed by atoms with E-state index in [1.54, 1.807) is 6.20 Å². The summed E-state index contributed by atoms with van der Waals surface area (Å²) in [5.41, 5.74) is 1.56. The van der Waals surface area contributed by atoms with Gasteiger partial charge in [0, 0.05) is 23.8 Å². The van der Waals surface area contributed by atoms with Crippen LogP contribution < -0.4 is 0 Å². The summed E-state index contributed by atoms with van der Waals surface area (Å²) in [4.78, 5) is 15.8. The number of carbonyl (C=O) groups excluding carboxylic acids is 1. The molecule has 1 N–H and O–H groups in total. The molecule has 0 spiro atoms. The van der Waals surface area contributed by atoms with E-state index in [-0.39, 0.29) is 17.8 Å². The van der Waals surface area contributed by atoms with Crippen molar-refractivity contribution in [1.82, 2.24) is 4.98 Å². The predicted molar refractivity (Wildman–Crippen MR) is 75.8 cm³/mol. The summed E-state index contributed by atoms with van der Waals surface area (Å²) >= 11 is 6.12. The zero-order valence-electron chi connectivity index (χ0n) is 10.8. The molecule has 1 fully saturated rings. The highest BCUT2D eigenvalue weighted by Gasteiger charge is 2.34. The first-order valence-electron chi connectivity index (χ1n) is 6.63. The van der Waals surface area contributed by atoms with Crippen LogP contribution in [0.2, 0.25) is 5.02 Å². The van der Waals surface area contributed by atoms with Gasteiger partial charge in [0.25, 0.3) is 0 Å². The molecule has 3 nitrogen and oxygen atoms in total. The van der Waals surface area contributed by atoms with E-state index in [9.17, 15) is 4.79 Å². The Balaban J connectivity index is 2.00. The molecule has 1 aromatic heterocycles. The van der Waals surface area contributed by atoms with Gasteiger partial charge in [-0.05, 0) is 18.9 Å². The smallest absolute Gasteiger partial charge is 0.170 e. The van der Waals surface area contributed by atoms with Gasteiger partial charge in [-0.15, -0.1) is 0 Å². The lowest BCUT2D eigenvalue weighted by Gasteiger charge is -2.15. The maximum Gasteiger partial charge on any atom is 0.170 e. The van der Waals surface area contributed by atoms with Gasteiger partial charge in [0.15, 0.2) is 5.78 Å². The van der Waals surface area contributed by atoms with Crippen molar-refractivity contribution < 1.29 is 9.53 Å². The predicted octanol–water partition coefficient (Wildman–Crippen LogP) is 3.82. The fraction of sp³-hybridized carbons (Fsp3) is 0.400. The van der Waals surface area contributed by atoms with Crippen LogP contribution in [0.15, 0.2) is 24.4 Å². The fourth-order valence-corrected chi connectivity index (χ4v) is 3.10. The quantitative estimate of drug-likeness (QED) is 0.867. The van der Waals surface area contributed by atoms with Crippen molar-refractivity contribution in [3.05, 3.63) is 35.0 Å². The Bertz CT molecular complexity index is 620. The van der Waals surface area contributed by atoms with Crippen LogP contribution in [0.1, 0.15) is 30.1 Å². The van der Waals surface area contributed by atoms with E-state index in [4.69, 9.17) is 16.3 Å². The summed E-state index contributed by atoms with van der Waals surface area (Å²) in [6.45, 7) is 2.74. The largest absolute Gasteiger partial charge is 0.377 e. The van der Waals surface area contributed by atoms with Gasteiger partial charge in [0.05, 0.1) is 22.6 Å². The molecule has 0 bridgehead atoms. The number of aromatic amines is 1. The normalized spacial score (nSPS) is 23.1. The third kappa shape index (κ3) is 2.07. The Hall–Kier alpha value is -1.32.